The van der Waals surface area contributed by atoms with E-state index < -0.39 is 11.7 Å². The highest BCUT2D eigenvalue weighted by atomic mass is 35.5. The van der Waals surface area contributed by atoms with E-state index in [1.165, 1.54) is 16.4 Å². The molecule has 0 radical (unpaired) electrons. The van der Waals surface area contributed by atoms with Gasteiger partial charge in [-0.25, -0.2) is 9.67 Å². The summed E-state index contributed by atoms with van der Waals surface area (Å²) in [5, 5.41) is 11.1. The van der Waals surface area contributed by atoms with E-state index in [-0.39, 0.29) is 10.3 Å². The third-order valence-electron chi connectivity index (χ3n) is 2.44. The smallest absolute Gasteiger partial charge is 0.248 e. The SMILES string of the molecule is CC(Sc1ncc(C(F)(F)F)cc1Cl)c1nnnn1C. The fourth-order valence-electron chi connectivity index (χ4n) is 1.47. The number of hydrogen-bond donors (Lipinski definition) is 0. The monoisotopic (exact) mass is 323 g/mol. The molecule has 0 saturated carbocycles. The van der Waals surface area contributed by atoms with Crippen LogP contribution in [0.2, 0.25) is 5.02 Å². The Morgan fingerprint density at radius 1 is 1.40 bits per heavy atom. The predicted molar refractivity (Wildman–Crippen MR) is 67.3 cm³/mol. The van der Waals surface area contributed by atoms with Crippen LogP contribution in [0.5, 0.6) is 0 Å². The minimum Gasteiger partial charge on any atom is -0.248 e. The third kappa shape index (κ3) is 3.21. The van der Waals surface area contributed by atoms with Gasteiger partial charge in [-0.05, 0) is 23.4 Å². The maximum atomic E-state index is 12.5. The molecule has 0 aromatic carbocycles. The maximum absolute atomic E-state index is 12.5. The van der Waals surface area contributed by atoms with Crippen LogP contribution in [-0.4, -0.2) is 25.2 Å². The second-order valence-corrected chi connectivity index (χ2v) is 5.67. The molecule has 5 nitrogen and oxygen atoms in total. The normalized spacial score (nSPS) is 13.5. The zero-order valence-corrected chi connectivity index (χ0v) is 12.0. The number of hydrogen-bond acceptors (Lipinski definition) is 5. The number of nitrogens with zero attached hydrogens (tertiary/aromatic N) is 5. The van der Waals surface area contributed by atoms with Crippen LogP contribution in [0, 0.1) is 0 Å². The molecule has 0 spiro atoms. The van der Waals surface area contributed by atoms with Gasteiger partial charge in [0.2, 0.25) is 0 Å². The molecule has 1 atom stereocenters. The standard InChI is InChI=1S/C10H9ClF3N5S/c1-5(8-16-17-18-19(8)2)20-9-7(11)3-6(4-15-9)10(12,13)14/h3-5H,1-2H3. The molecule has 0 fully saturated rings. The fraction of sp³-hybridized carbons (Fsp3) is 0.400. The van der Waals surface area contributed by atoms with Crippen LogP contribution in [0.1, 0.15) is 23.6 Å². The molecule has 20 heavy (non-hydrogen) atoms. The summed E-state index contributed by atoms with van der Waals surface area (Å²) in [6.07, 6.45) is -3.70. The van der Waals surface area contributed by atoms with Gasteiger partial charge in [-0.15, -0.1) is 5.10 Å². The zero-order valence-electron chi connectivity index (χ0n) is 10.4. The van der Waals surface area contributed by atoms with Gasteiger partial charge in [-0.1, -0.05) is 23.4 Å². The molecule has 0 bridgehead atoms. The van der Waals surface area contributed by atoms with Crippen molar-refractivity contribution in [1.82, 2.24) is 25.2 Å². The number of alkyl halides is 3. The number of rotatable bonds is 3. The van der Waals surface area contributed by atoms with Crippen LogP contribution in [0.4, 0.5) is 13.2 Å². The summed E-state index contributed by atoms with van der Waals surface area (Å²) in [6.45, 7) is 1.81. The Morgan fingerprint density at radius 3 is 2.60 bits per heavy atom. The molecular formula is C10H9ClF3N5S. The van der Waals surface area contributed by atoms with Gasteiger partial charge in [0.15, 0.2) is 5.82 Å². The molecule has 0 amide bonds. The van der Waals surface area contributed by atoms with Gasteiger partial charge in [0.05, 0.1) is 15.8 Å². The van der Waals surface area contributed by atoms with E-state index in [0.717, 1.165) is 12.3 Å². The van der Waals surface area contributed by atoms with Crippen LogP contribution in [0.25, 0.3) is 0 Å². The Labute approximate surface area is 121 Å². The van der Waals surface area contributed by atoms with Crippen molar-refractivity contribution in [2.45, 2.75) is 23.4 Å². The molecule has 0 N–H and O–H groups in total. The average molecular weight is 324 g/mol. The van der Waals surface area contributed by atoms with Crippen LogP contribution in [-0.2, 0) is 13.2 Å². The van der Waals surface area contributed by atoms with E-state index in [1.54, 1.807) is 7.05 Å². The number of tetrazole rings is 1. The van der Waals surface area contributed by atoms with Crippen LogP contribution < -0.4 is 0 Å². The maximum Gasteiger partial charge on any atom is 0.417 e. The van der Waals surface area contributed by atoms with E-state index >= 15 is 0 Å². The van der Waals surface area contributed by atoms with Gasteiger partial charge >= 0.3 is 6.18 Å². The molecule has 0 aliphatic heterocycles. The lowest BCUT2D eigenvalue weighted by Crippen LogP contribution is -2.06. The number of halogens is 4. The fourth-order valence-corrected chi connectivity index (χ4v) is 2.69. The summed E-state index contributed by atoms with van der Waals surface area (Å²) >= 11 is 7.03. The number of pyridine rings is 1. The first-order chi connectivity index (χ1) is 9.29. The summed E-state index contributed by atoms with van der Waals surface area (Å²) < 4.78 is 39.0. The van der Waals surface area contributed by atoms with E-state index in [4.69, 9.17) is 11.6 Å². The first-order valence-electron chi connectivity index (χ1n) is 5.40. The summed E-state index contributed by atoms with van der Waals surface area (Å²) in [5.41, 5.74) is -0.875. The Bertz CT molecular complexity index is 615. The summed E-state index contributed by atoms with van der Waals surface area (Å²) in [4.78, 5) is 3.76. The lowest BCUT2D eigenvalue weighted by molar-refractivity contribution is -0.137. The molecule has 2 rings (SSSR count). The lowest BCUT2D eigenvalue weighted by Gasteiger charge is -2.11. The highest BCUT2D eigenvalue weighted by molar-refractivity contribution is 7.99. The van der Waals surface area contributed by atoms with Gasteiger partial charge in [0.1, 0.15) is 5.03 Å². The van der Waals surface area contributed by atoms with Crippen molar-refractivity contribution in [2.24, 2.45) is 7.05 Å². The summed E-state index contributed by atoms with van der Waals surface area (Å²) in [6, 6.07) is 0.860. The topological polar surface area (TPSA) is 56.5 Å². The van der Waals surface area contributed by atoms with Crippen molar-refractivity contribution in [1.29, 1.82) is 0 Å². The molecule has 2 aromatic rings. The van der Waals surface area contributed by atoms with Crippen molar-refractivity contribution in [2.75, 3.05) is 0 Å². The van der Waals surface area contributed by atoms with Crippen molar-refractivity contribution < 1.29 is 13.2 Å². The highest BCUT2D eigenvalue weighted by Gasteiger charge is 2.31. The van der Waals surface area contributed by atoms with Crippen molar-refractivity contribution in [3.63, 3.8) is 0 Å². The zero-order chi connectivity index (χ0) is 14.9. The number of aryl methyl sites for hydroxylation is 1. The van der Waals surface area contributed by atoms with E-state index in [9.17, 15) is 13.2 Å². The Morgan fingerprint density at radius 2 is 2.10 bits per heavy atom. The minimum atomic E-state index is -4.46. The molecular weight excluding hydrogens is 315 g/mol. The predicted octanol–water partition coefficient (Wildman–Crippen LogP) is 3.13. The minimum absolute atomic E-state index is 0.0493. The van der Waals surface area contributed by atoms with Crippen LogP contribution in [0.15, 0.2) is 17.3 Å². The third-order valence-corrected chi connectivity index (χ3v) is 3.95. The van der Waals surface area contributed by atoms with Gasteiger partial charge < -0.3 is 0 Å². The van der Waals surface area contributed by atoms with E-state index in [0.29, 0.717) is 10.9 Å². The molecule has 108 valence electrons. The molecule has 10 heteroatoms. The first-order valence-corrected chi connectivity index (χ1v) is 6.66. The Balaban J connectivity index is 2.21. The average Bonchev–Trinajstić information content (AvgIpc) is 2.76. The van der Waals surface area contributed by atoms with Crippen LogP contribution >= 0.6 is 23.4 Å². The lowest BCUT2D eigenvalue weighted by atomic mass is 10.3. The van der Waals surface area contributed by atoms with Gasteiger partial charge in [0, 0.05) is 13.2 Å². The summed E-state index contributed by atoms with van der Waals surface area (Å²) in [7, 11) is 1.67. The molecule has 0 aliphatic carbocycles. The second-order valence-electron chi connectivity index (χ2n) is 3.93. The highest BCUT2D eigenvalue weighted by Crippen LogP contribution is 2.38. The molecule has 1 unspecified atom stereocenters. The van der Waals surface area contributed by atoms with Gasteiger partial charge in [-0.2, -0.15) is 13.2 Å². The van der Waals surface area contributed by atoms with E-state index in [1.807, 2.05) is 6.92 Å². The first kappa shape index (κ1) is 15.0. The van der Waals surface area contributed by atoms with Crippen LogP contribution in [0.3, 0.4) is 0 Å². The second kappa shape index (κ2) is 5.57. The summed E-state index contributed by atoms with van der Waals surface area (Å²) in [5.74, 6) is 0.577. The van der Waals surface area contributed by atoms with Crippen molar-refractivity contribution in [3.8, 4) is 0 Å². The van der Waals surface area contributed by atoms with Crippen molar-refractivity contribution in [3.05, 3.63) is 28.7 Å². The largest absolute Gasteiger partial charge is 0.417 e. The number of thioether (sulfide) groups is 1. The molecule has 0 aliphatic rings. The van der Waals surface area contributed by atoms with Gasteiger partial charge in [0.25, 0.3) is 0 Å². The van der Waals surface area contributed by atoms with Gasteiger partial charge in [-0.3, -0.25) is 0 Å². The molecule has 2 aromatic heterocycles. The van der Waals surface area contributed by atoms with E-state index in [2.05, 4.69) is 20.5 Å². The Kier molecular flexibility index (Phi) is 4.19. The quantitative estimate of drug-likeness (QED) is 0.812. The Hall–Kier alpha value is -1.35. The molecule has 0 saturated heterocycles. The number of aromatic nitrogens is 5. The van der Waals surface area contributed by atoms with Crippen molar-refractivity contribution >= 4 is 23.4 Å². The molecule has 2 heterocycles.